The van der Waals surface area contributed by atoms with Gasteiger partial charge in [0, 0.05) is 19.8 Å². The van der Waals surface area contributed by atoms with Gasteiger partial charge in [0.05, 0.1) is 5.39 Å². The smallest absolute Gasteiger partial charge is 0.225 e. The van der Waals surface area contributed by atoms with E-state index in [1.807, 2.05) is 18.4 Å². The minimum atomic E-state index is 0.284. The molecule has 2 aromatic rings. The molecule has 0 atom stereocenters. The van der Waals surface area contributed by atoms with Crippen LogP contribution in [-0.2, 0) is 4.74 Å². The van der Waals surface area contributed by atoms with Crippen LogP contribution in [0.2, 0.25) is 5.28 Å². The first-order chi connectivity index (χ1) is 8.31. The molecule has 0 aliphatic heterocycles. The molecule has 1 N–H and O–H groups in total. The summed E-state index contributed by atoms with van der Waals surface area (Å²) in [5.41, 5.74) is 0. The number of halogens is 1. The molecule has 2 rings (SSSR count). The van der Waals surface area contributed by atoms with Crippen molar-refractivity contribution in [2.45, 2.75) is 13.3 Å². The third kappa shape index (κ3) is 3.28. The minimum absolute atomic E-state index is 0.284. The van der Waals surface area contributed by atoms with Crippen LogP contribution in [0.1, 0.15) is 13.3 Å². The lowest BCUT2D eigenvalue weighted by Gasteiger charge is -2.06. The van der Waals surface area contributed by atoms with Crippen LogP contribution < -0.4 is 5.32 Å². The molecule has 0 fully saturated rings. The van der Waals surface area contributed by atoms with Gasteiger partial charge in [0.2, 0.25) is 5.28 Å². The predicted octanol–water partition coefficient (Wildman–Crippen LogP) is 3.18. The Morgan fingerprint density at radius 1 is 1.47 bits per heavy atom. The number of anilines is 1. The van der Waals surface area contributed by atoms with Crippen molar-refractivity contribution in [3.8, 4) is 0 Å². The van der Waals surface area contributed by atoms with Gasteiger partial charge in [-0.3, -0.25) is 0 Å². The standard InChI is InChI=1S/C11H14ClN3OS/c1-2-16-6-3-5-13-9-8-4-7-17-10(8)15-11(12)14-9/h4,7H,2-3,5-6H2,1H3,(H,13,14,15). The zero-order valence-corrected chi connectivity index (χ0v) is 11.1. The van der Waals surface area contributed by atoms with Gasteiger partial charge in [-0.1, -0.05) is 0 Å². The molecule has 0 aliphatic carbocycles. The van der Waals surface area contributed by atoms with Gasteiger partial charge in [-0.2, -0.15) is 0 Å². The molecule has 92 valence electrons. The Balaban J connectivity index is 2.00. The fraction of sp³-hybridized carbons (Fsp3) is 0.455. The van der Waals surface area contributed by atoms with E-state index in [0.29, 0.717) is 0 Å². The molecular formula is C11H14ClN3OS. The van der Waals surface area contributed by atoms with Gasteiger partial charge in [-0.15, -0.1) is 11.3 Å². The number of hydrogen-bond acceptors (Lipinski definition) is 5. The van der Waals surface area contributed by atoms with Crippen molar-refractivity contribution < 1.29 is 4.74 Å². The second-order valence-corrected chi connectivity index (χ2v) is 4.69. The largest absolute Gasteiger partial charge is 0.382 e. The monoisotopic (exact) mass is 271 g/mol. The normalized spacial score (nSPS) is 10.9. The van der Waals surface area contributed by atoms with Gasteiger partial charge >= 0.3 is 0 Å². The molecule has 0 aliphatic rings. The van der Waals surface area contributed by atoms with Gasteiger partial charge < -0.3 is 10.1 Å². The Kier molecular flexibility index (Phi) is 4.53. The van der Waals surface area contributed by atoms with Crippen LogP contribution in [0.25, 0.3) is 10.2 Å². The molecule has 6 heteroatoms. The minimum Gasteiger partial charge on any atom is -0.382 e. The van der Waals surface area contributed by atoms with E-state index in [0.717, 1.165) is 42.2 Å². The second kappa shape index (κ2) is 6.14. The second-order valence-electron chi connectivity index (χ2n) is 3.46. The highest BCUT2D eigenvalue weighted by molar-refractivity contribution is 7.16. The maximum atomic E-state index is 5.86. The third-order valence-electron chi connectivity index (χ3n) is 2.26. The zero-order chi connectivity index (χ0) is 12.1. The molecule has 2 aromatic heterocycles. The molecule has 0 saturated carbocycles. The Bertz CT molecular complexity index is 489. The number of ether oxygens (including phenoxy) is 1. The summed E-state index contributed by atoms with van der Waals surface area (Å²) in [6, 6.07) is 2.00. The number of nitrogens with one attached hydrogen (secondary N) is 1. The van der Waals surface area contributed by atoms with Crippen LogP contribution >= 0.6 is 22.9 Å². The number of nitrogens with zero attached hydrogens (tertiary/aromatic N) is 2. The van der Waals surface area contributed by atoms with Gasteiger partial charge in [0.1, 0.15) is 10.6 Å². The first kappa shape index (κ1) is 12.5. The summed E-state index contributed by atoms with van der Waals surface area (Å²) in [5, 5.41) is 6.56. The lowest BCUT2D eigenvalue weighted by atomic mass is 10.3. The topological polar surface area (TPSA) is 47.0 Å². The molecule has 0 unspecified atom stereocenters. The van der Waals surface area contributed by atoms with Crippen molar-refractivity contribution >= 4 is 39.0 Å². The first-order valence-electron chi connectivity index (χ1n) is 5.53. The highest BCUT2D eigenvalue weighted by Gasteiger charge is 2.06. The quantitative estimate of drug-likeness (QED) is 0.647. The van der Waals surface area contributed by atoms with Crippen molar-refractivity contribution in [2.75, 3.05) is 25.1 Å². The number of aromatic nitrogens is 2. The maximum absolute atomic E-state index is 5.86. The van der Waals surface area contributed by atoms with E-state index >= 15 is 0 Å². The van der Waals surface area contributed by atoms with Gasteiger partial charge in [0.25, 0.3) is 0 Å². The number of rotatable bonds is 6. The van der Waals surface area contributed by atoms with Gasteiger partial charge in [-0.25, -0.2) is 9.97 Å². The summed E-state index contributed by atoms with van der Waals surface area (Å²) in [4.78, 5) is 9.28. The number of fused-ring (bicyclic) bond motifs is 1. The van der Waals surface area contributed by atoms with Crippen LogP contribution in [0.5, 0.6) is 0 Å². The molecule has 0 aromatic carbocycles. The van der Waals surface area contributed by atoms with E-state index in [1.165, 1.54) is 0 Å². The fourth-order valence-electron chi connectivity index (χ4n) is 1.49. The molecule has 0 saturated heterocycles. The lowest BCUT2D eigenvalue weighted by Crippen LogP contribution is -2.07. The van der Waals surface area contributed by atoms with Crippen LogP contribution in [0.4, 0.5) is 5.82 Å². The van der Waals surface area contributed by atoms with Crippen molar-refractivity contribution in [3.05, 3.63) is 16.7 Å². The third-order valence-corrected chi connectivity index (χ3v) is 3.24. The summed E-state index contributed by atoms with van der Waals surface area (Å²) in [6.07, 6.45) is 0.946. The highest BCUT2D eigenvalue weighted by atomic mass is 35.5. The number of hydrogen-bond donors (Lipinski definition) is 1. The Morgan fingerprint density at radius 3 is 3.18 bits per heavy atom. The average Bonchev–Trinajstić information content (AvgIpc) is 2.76. The Labute approximate surface area is 109 Å². The molecule has 0 radical (unpaired) electrons. The van der Waals surface area contributed by atoms with E-state index in [2.05, 4.69) is 15.3 Å². The van der Waals surface area contributed by atoms with E-state index in [4.69, 9.17) is 16.3 Å². The van der Waals surface area contributed by atoms with Crippen molar-refractivity contribution in [1.82, 2.24) is 9.97 Å². The Morgan fingerprint density at radius 2 is 2.35 bits per heavy atom. The van der Waals surface area contributed by atoms with Crippen LogP contribution in [0.3, 0.4) is 0 Å². The van der Waals surface area contributed by atoms with Crippen LogP contribution in [-0.4, -0.2) is 29.7 Å². The summed E-state index contributed by atoms with van der Waals surface area (Å²) in [7, 11) is 0. The maximum Gasteiger partial charge on any atom is 0.225 e. The summed E-state index contributed by atoms with van der Waals surface area (Å²) in [6.45, 7) is 4.33. The van der Waals surface area contributed by atoms with E-state index in [1.54, 1.807) is 11.3 Å². The van der Waals surface area contributed by atoms with Crippen LogP contribution in [0.15, 0.2) is 11.4 Å². The molecule has 2 heterocycles. The predicted molar refractivity (Wildman–Crippen MR) is 72.0 cm³/mol. The van der Waals surface area contributed by atoms with Gasteiger partial charge in [-0.05, 0) is 36.4 Å². The Hall–Kier alpha value is -0.910. The lowest BCUT2D eigenvalue weighted by molar-refractivity contribution is 0.147. The van der Waals surface area contributed by atoms with E-state index in [-0.39, 0.29) is 5.28 Å². The first-order valence-corrected chi connectivity index (χ1v) is 6.79. The molecule has 4 nitrogen and oxygen atoms in total. The molecule has 17 heavy (non-hydrogen) atoms. The molecule has 0 amide bonds. The average molecular weight is 272 g/mol. The van der Waals surface area contributed by atoms with Crippen molar-refractivity contribution in [2.24, 2.45) is 0 Å². The van der Waals surface area contributed by atoms with E-state index < -0.39 is 0 Å². The van der Waals surface area contributed by atoms with Gasteiger partial charge in [0.15, 0.2) is 0 Å². The molecular weight excluding hydrogens is 258 g/mol. The summed E-state index contributed by atoms with van der Waals surface area (Å²) in [5.74, 6) is 0.803. The summed E-state index contributed by atoms with van der Waals surface area (Å²) >= 11 is 7.43. The highest BCUT2D eigenvalue weighted by Crippen LogP contribution is 2.26. The molecule has 0 bridgehead atoms. The van der Waals surface area contributed by atoms with E-state index in [9.17, 15) is 0 Å². The number of thiophene rings is 1. The fourth-order valence-corrected chi connectivity index (χ4v) is 2.47. The molecule has 0 spiro atoms. The zero-order valence-electron chi connectivity index (χ0n) is 9.57. The van der Waals surface area contributed by atoms with Crippen LogP contribution in [0, 0.1) is 0 Å². The van der Waals surface area contributed by atoms with Crippen molar-refractivity contribution in [1.29, 1.82) is 0 Å². The van der Waals surface area contributed by atoms with Crippen molar-refractivity contribution in [3.63, 3.8) is 0 Å². The summed E-state index contributed by atoms with van der Waals surface area (Å²) < 4.78 is 5.27. The SMILES string of the molecule is CCOCCCNc1nc(Cl)nc2sccc12.